The third-order valence-corrected chi connectivity index (χ3v) is 10.5. The van der Waals surface area contributed by atoms with Crippen LogP contribution in [-0.2, 0) is 18.8 Å². The second kappa shape index (κ2) is 8.97. The Bertz CT molecular complexity index is 774. The lowest BCUT2D eigenvalue weighted by molar-refractivity contribution is -0.140. The third-order valence-electron chi connectivity index (χ3n) is 6.00. The molecule has 1 saturated heterocycles. The normalized spacial score (nSPS) is 25.1. The maximum atomic E-state index is 12.7. The minimum absolute atomic E-state index is 0.00461. The molecule has 1 aliphatic heterocycles. The largest absolute Gasteiger partial charge is 0.409 e. The molecule has 0 bridgehead atoms. The Morgan fingerprint density at radius 1 is 1.34 bits per heavy atom. The zero-order valence-corrected chi connectivity index (χ0v) is 19.8. The van der Waals surface area contributed by atoms with Crippen LogP contribution in [0.4, 0.5) is 5.82 Å². The monoisotopic (exact) mass is 425 g/mol. The molecule has 0 radical (unpaired) electrons. The first kappa shape index (κ1) is 23.6. The number of hydrogen-bond donors (Lipinski definition) is 1. The third kappa shape index (κ3) is 5.26. The Hall–Kier alpha value is -1.71. The zero-order chi connectivity index (χ0) is 22.0. The number of hydrogen-bond acceptors (Lipinski definition) is 7. The highest BCUT2D eigenvalue weighted by Gasteiger charge is 2.48. The minimum Gasteiger partial charge on any atom is -0.409 e. The number of ether oxygens (including phenoxy) is 1. The summed E-state index contributed by atoms with van der Waals surface area (Å²) in [6, 6.07) is 1.58. The molecule has 0 saturated carbocycles. The summed E-state index contributed by atoms with van der Waals surface area (Å²) in [4.78, 5) is 32.8. The van der Waals surface area contributed by atoms with Crippen molar-refractivity contribution in [1.82, 2.24) is 9.55 Å². The lowest BCUT2D eigenvalue weighted by atomic mass is 9.99. The molecule has 2 rings (SSSR count). The van der Waals surface area contributed by atoms with E-state index >= 15 is 0 Å². The molecule has 2 heterocycles. The Balaban J connectivity index is 2.30. The van der Waals surface area contributed by atoms with E-state index in [-0.39, 0.29) is 35.4 Å². The Labute approximate surface area is 174 Å². The summed E-state index contributed by atoms with van der Waals surface area (Å²) in [5, 5.41) is 0.0434. The van der Waals surface area contributed by atoms with Gasteiger partial charge in [0, 0.05) is 24.6 Å². The van der Waals surface area contributed by atoms with E-state index in [0.717, 1.165) is 6.42 Å². The van der Waals surface area contributed by atoms with Crippen LogP contribution in [0.15, 0.2) is 17.1 Å². The fourth-order valence-corrected chi connectivity index (χ4v) is 4.44. The van der Waals surface area contributed by atoms with Crippen LogP contribution in [0.3, 0.4) is 0 Å². The Morgan fingerprint density at radius 3 is 2.52 bits per heavy atom. The second-order valence-electron chi connectivity index (χ2n) is 9.11. The number of carbonyl (C=O) groups is 1. The van der Waals surface area contributed by atoms with E-state index in [1.165, 1.54) is 4.57 Å². The van der Waals surface area contributed by atoms with Gasteiger partial charge in [-0.15, -0.1) is 0 Å². The fraction of sp³-hybridized carbons (Fsp3) is 0.750. The van der Waals surface area contributed by atoms with Crippen molar-refractivity contribution in [2.24, 2.45) is 5.92 Å². The average Bonchev–Trinajstić information content (AvgIpc) is 2.94. The number of rotatable bonds is 7. The van der Waals surface area contributed by atoms with Crippen LogP contribution in [0.25, 0.3) is 0 Å². The van der Waals surface area contributed by atoms with Gasteiger partial charge in [0.15, 0.2) is 20.4 Å². The molecule has 1 unspecified atom stereocenters. The van der Waals surface area contributed by atoms with Gasteiger partial charge in [-0.3, -0.25) is 4.57 Å². The maximum absolute atomic E-state index is 12.7. The molecule has 8 nitrogen and oxygen atoms in total. The van der Waals surface area contributed by atoms with Crippen molar-refractivity contribution in [1.29, 1.82) is 0 Å². The van der Waals surface area contributed by atoms with Crippen molar-refractivity contribution in [2.75, 3.05) is 5.48 Å². The van der Waals surface area contributed by atoms with Crippen LogP contribution in [-0.4, -0.2) is 36.0 Å². The summed E-state index contributed by atoms with van der Waals surface area (Å²) in [7, 11) is -2.07. The van der Waals surface area contributed by atoms with E-state index in [0.29, 0.717) is 0 Å². The van der Waals surface area contributed by atoms with Crippen LogP contribution in [0.1, 0.15) is 60.6 Å². The first-order valence-electron chi connectivity index (χ1n) is 10.3. The maximum Gasteiger partial charge on any atom is 0.351 e. The number of aromatic nitrogens is 2. The summed E-state index contributed by atoms with van der Waals surface area (Å²) in [6.07, 6.45) is 1.89. The highest BCUT2D eigenvalue weighted by Crippen LogP contribution is 2.43. The lowest BCUT2D eigenvalue weighted by Crippen LogP contribution is -2.47. The summed E-state index contributed by atoms with van der Waals surface area (Å²) in [5.74, 6) is -0.111. The van der Waals surface area contributed by atoms with Gasteiger partial charge in [-0.2, -0.15) is 4.98 Å². The molecule has 0 amide bonds. The van der Waals surface area contributed by atoms with Gasteiger partial charge in [0.25, 0.3) is 0 Å². The summed E-state index contributed by atoms with van der Waals surface area (Å²) >= 11 is 0. The van der Waals surface area contributed by atoms with E-state index in [9.17, 15) is 9.59 Å². The average molecular weight is 426 g/mol. The highest BCUT2D eigenvalue weighted by atomic mass is 28.4. The molecule has 1 aromatic rings. The molecule has 0 spiro atoms. The lowest BCUT2D eigenvalue weighted by Gasteiger charge is -2.40. The molecule has 1 aliphatic rings. The SMILES string of the molecule is CCC(=O)ONc1ccn([C@@H]2O[C@H](CC)[C@H](C)C2O[Si](C)(C)C(C)(C)C)c(=O)n1. The number of nitrogens with zero attached hydrogens (tertiary/aromatic N) is 2. The minimum atomic E-state index is -2.07. The van der Waals surface area contributed by atoms with Crippen molar-refractivity contribution in [3.63, 3.8) is 0 Å². The predicted molar refractivity (Wildman–Crippen MR) is 114 cm³/mol. The number of nitrogens with one attached hydrogen (secondary N) is 1. The van der Waals surface area contributed by atoms with Crippen LogP contribution in [0.5, 0.6) is 0 Å². The van der Waals surface area contributed by atoms with E-state index in [1.807, 2.05) is 0 Å². The van der Waals surface area contributed by atoms with Crippen molar-refractivity contribution < 1.29 is 18.8 Å². The molecule has 0 aromatic carbocycles. The van der Waals surface area contributed by atoms with Crippen LogP contribution < -0.4 is 11.2 Å². The summed E-state index contributed by atoms with van der Waals surface area (Å²) < 4.78 is 14.4. The molecular formula is C20H35N3O5Si. The van der Waals surface area contributed by atoms with Crippen molar-refractivity contribution >= 4 is 20.1 Å². The Morgan fingerprint density at radius 2 is 2.00 bits per heavy atom. The van der Waals surface area contributed by atoms with Gasteiger partial charge >= 0.3 is 11.7 Å². The van der Waals surface area contributed by atoms with Gasteiger partial charge < -0.3 is 14.0 Å². The highest BCUT2D eigenvalue weighted by molar-refractivity contribution is 6.74. The fourth-order valence-electron chi connectivity index (χ4n) is 3.07. The molecule has 0 aliphatic carbocycles. The first-order chi connectivity index (χ1) is 13.4. The van der Waals surface area contributed by atoms with Crippen LogP contribution in [0, 0.1) is 5.92 Å². The smallest absolute Gasteiger partial charge is 0.351 e. The molecular weight excluding hydrogens is 390 g/mol. The quantitative estimate of drug-likeness (QED) is 0.524. The van der Waals surface area contributed by atoms with Gasteiger partial charge in [-0.1, -0.05) is 41.5 Å². The first-order valence-corrected chi connectivity index (χ1v) is 13.2. The van der Waals surface area contributed by atoms with Gasteiger partial charge in [0.1, 0.15) is 0 Å². The summed E-state index contributed by atoms with van der Waals surface area (Å²) in [6.45, 7) is 16.8. The van der Waals surface area contributed by atoms with E-state index in [1.54, 1.807) is 19.2 Å². The molecule has 164 valence electrons. The molecule has 1 fully saturated rings. The van der Waals surface area contributed by atoms with Crippen LogP contribution in [0.2, 0.25) is 18.1 Å². The predicted octanol–water partition coefficient (Wildman–Crippen LogP) is 3.86. The van der Waals surface area contributed by atoms with E-state index < -0.39 is 26.2 Å². The molecule has 4 atom stereocenters. The topological polar surface area (TPSA) is 91.7 Å². The van der Waals surface area contributed by atoms with Gasteiger partial charge in [-0.05, 0) is 24.6 Å². The molecule has 29 heavy (non-hydrogen) atoms. The van der Waals surface area contributed by atoms with E-state index in [2.05, 4.69) is 58.2 Å². The van der Waals surface area contributed by atoms with Gasteiger partial charge in [-0.25, -0.2) is 15.1 Å². The van der Waals surface area contributed by atoms with Gasteiger partial charge in [0.2, 0.25) is 0 Å². The van der Waals surface area contributed by atoms with Crippen molar-refractivity contribution in [3.05, 3.63) is 22.7 Å². The van der Waals surface area contributed by atoms with Crippen molar-refractivity contribution in [3.8, 4) is 0 Å². The number of carbonyl (C=O) groups excluding carboxylic acids is 1. The molecule has 9 heteroatoms. The second-order valence-corrected chi connectivity index (χ2v) is 13.9. The van der Waals surface area contributed by atoms with Gasteiger partial charge in [0.05, 0.1) is 12.2 Å². The summed E-state index contributed by atoms with van der Waals surface area (Å²) in [5.41, 5.74) is 1.93. The standard InChI is InChI=1S/C20H35N3O5Si/c1-9-14-13(3)17(28-29(7,8)20(4,5)6)18(26-14)23-12-11-15(21-19(23)25)22-27-16(24)10-2/h11-14,17-18H,9-10H2,1-8H3,(H,21,22,25)/t13-,14+,17?,18+/m0/s1. The van der Waals surface area contributed by atoms with Crippen LogP contribution >= 0.6 is 0 Å². The Kier molecular flexibility index (Phi) is 7.29. The van der Waals surface area contributed by atoms with Crippen molar-refractivity contribution in [2.45, 2.75) is 91.0 Å². The molecule has 1 aromatic heterocycles. The number of anilines is 1. The molecule has 1 N–H and O–H groups in total. The van der Waals surface area contributed by atoms with E-state index in [4.69, 9.17) is 14.0 Å². The zero-order valence-electron chi connectivity index (χ0n) is 18.8.